The van der Waals surface area contributed by atoms with Crippen LogP contribution in [0, 0.1) is 0 Å². The summed E-state index contributed by atoms with van der Waals surface area (Å²) in [5.41, 5.74) is 9.87. The minimum Gasteiger partial charge on any atom is -0.343 e. The van der Waals surface area contributed by atoms with Gasteiger partial charge in [0, 0.05) is 24.5 Å². The van der Waals surface area contributed by atoms with E-state index in [4.69, 9.17) is 10.7 Å². The topological polar surface area (TPSA) is 42.2 Å². The summed E-state index contributed by atoms with van der Waals surface area (Å²) in [4.78, 5) is 8.37. The number of fused-ring (bicyclic) bond motifs is 1. The molecule has 0 saturated heterocycles. The molecule has 0 radical (unpaired) electrons. The lowest BCUT2D eigenvalue weighted by molar-refractivity contribution is 0.727. The van der Waals surface area contributed by atoms with E-state index in [1.807, 2.05) is 0 Å². The van der Waals surface area contributed by atoms with Crippen molar-refractivity contribution in [3.8, 4) is 0 Å². The van der Waals surface area contributed by atoms with Crippen LogP contribution in [-0.2, 0) is 25.9 Å². The summed E-state index contributed by atoms with van der Waals surface area (Å²) >= 11 is 1.76. The molecule has 0 saturated carbocycles. The number of rotatable bonds is 3. The molecule has 3 rings (SSSR count). The third-order valence-corrected chi connectivity index (χ3v) is 4.87. The second-order valence-corrected chi connectivity index (χ2v) is 5.93. The fourth-order valence-electron chi connectivity index (χ4n) is 2.60. The SMILES string of the molecule is CCc1nc(N2CCc3ccccc3C2)sc1CN. The number of benzene rings is 1. The highest BCUT2D eigenvalue weighted by Crippen LogP contribution is 2.30. The van der Waals surface area contributed by atoms with Crippen molar-refractivity contribution >= 4 is 16.5 Å². The maximum Gasteiger partial charge on any atom is 0.186 e. The van der Waals surface area contributed by atoms with Crippen molar-refractivity contribution in [3.63, 3.8) is 0 Å². The van der Waals surface area contributed by atoms with E-state index in [1.54, 1.807) is 11.3 Å². The van der Waals surface area contributed by atoms with Crippen molar-refractivity contribution < 1.29 is 0 Å². The van der Waals surface area contributed by atoms with E-state index in [1.165, 1.54) is 21.7 Å². The molecule has 100 valence electrons. The molecule has 0 fully saturated rings. The van der Waals surface area contributed by atoms with Gasteiger partial charge in [0.25, 0.3) is 0 Å². The van der Waals surface area contributed by atoms with Crippen LogP contribution in [0.1, 0.15) is 28.6 Å². The Kier molecular flexibility index (Phi) is 3.53. The van der Waals surface area contributed by atoms with E-state index < -0.39 is 0 Å². The van der Waals surface area contributed by atoms with Gasteiger partial charge in [0.05, 0.1) is 5.69 Å². The van der Waals surface area contributed by atoms with Crippen molar-refractivity contribution in [1.82, 2.24) is 4.98 Å². The number of hydrogen-bond acceptors (Lipinski definition) is 4. The molecule has 19 heavy (non-hydrogen) atoms. The van der Waals surface area contributed by atoms with Crippen molar-refractivity contribution in [2.45, 2.75) is 32.9 Å². The van der Waals surface area contributed by atoms with Crippen LogP contribution < -0.4 is 10.6 Å². The second kappa shape index (κ2) is 5.31. The van der Waals surface area contributed by atoms with Crippen LogP contribution in [0.4, 0.5) is 5.13 Å². The lowest BCUT2D eigenvalue weighted by Gasteiger charge is -2.28. The van der Waals surface area contributed by atoms with Crippen molar-refractivity contribution in [2.75, 3.05) is 11.4 Å². The number of nitrogens with two attached hydrogens (primary N) is 1. The molecule has 1 aliphatic rings. The minimum atomic E-state index is 0.602. The van der Waals surface area contributed by atoms with Gasteiger partial charge in [-0.05, 0) is 24.0 Å². The van der Waals surface area contributed by atoms with Gasteiger partial charge in [-0.3, -0.25) is 0 Å². The van der Waals surface area contributed by atoms with E-state index in [2.05, 4.69) is 36.1 Å². The largest absolute Gasteiger partial charge is 0.343 e. The molecular formula is C15H19N3S. The third-order valence-electron chi connectivity index (χ3n) is 3.69. The Morgan fingerprint density at radius 3 is 2.79 bits per heavy atom. The molecule has 4 heteroatoms. The first-order valence-corrected chi connectivity index (χ1v) is 7.63. The monoisotopic (exact) mass is 273 g/mol. The summed E-state index contributed by atoms with van der Waals surface area (Å²) in [5.74, 6) is 0. The van der Waals surface area contributed by atoms with E-state index in [9.17, 15) is 0 Å². The van der Waals surface area contributed by atoms with Gasteiger partial charge in [-0.15, -0.1) is 11.3 Å². The molecule has 3 nitrogen and oxygen atoms in total. The van der Waals surface area contributed by atoms with Crippen LogP contribution in [0.15, 0.2) is 24.3 Å². The summed E-state index contributed by atoms with van der Waals surface area (Å²) in [7, 11) is 0. The Bertz CT molecular complexity index is 555. The quantitative estimate of drug-likeness (QED) is 0.935. The molecule has 2 aromatic rings. The number of aryl methyl sites for hydroxylation is 1. The van der Waals surface area contributed by atoms with Gasteiger partial charge in [-0.1, -0.05) is 31.2 Å². The normalized spacial score (nSPS) is 14.5. The molecule has 1 aromatic heterocycles. The molecule has 0 spiro atoms. The van der Waals surface area contributed by atoms with E-state index in [-0.39, 0.29) is 0 Å². The minimum absolute atomic E-state index is 0.602. The van der Waals surface area contributed by atoms with Gasteiger partial charge < -0.3 is 10.6 Å². The highest BCUT2D eigenvalue weighted by molar-refractivity contribution is 7.15. The zero-order valence-corrected chi connectivity index (χ0v) is 12.0. The van der Waals surface area contributed by atoms with Crippen LogP contribution >= 0.6 is 11.3 Å². The molecule has 0 unspecified atom stereocenters. The Morgan fingerprint density at radius 2 is 2.11 bits per heavy atom. The lowest BCUT2D eigenvalue weighted by atomic mass is 10.0. The van der Waals surface area contributed by atoms with E-state index in [0.717, 1.165) is 31.1 Å². The van der Waals surface area contributed by atoms with E-state index >= 15 is 0 Å². The summed E-state index contributed by atoms with van der Waals surface area (Å²) < 4.78 is 0. The van der Waals surface area contributed by atoms with Crippen molar-refractivity contribution in [2.24, 2.45) is 5.73 Å². The maximum absolute atomic E-state index is 5.80. The Balaban J connectivity index is 1.86. The molecule has 0 atom stereocenters. The first kappa shape index (κ1) is 12.6. The molecule has 0 bridgehead atoms. The zero-order chi connectivity index (χ0) is 13.2. The van der Waals surface area contributed by atoms with Gasteiger partial charge in [-0.2, -0.15) is 0 Å². The standard InChI is InChI=1S/C15H19N3S/c1-2-13-14(9-16)19-15(17-13)18-8-7-11-5-3-4-6-12(11)10-18/h3-6H,2,7-10,16H2,1H3. The van der Waals surface area contributed by atoms with Crippen LogP contribution in [0.2, 0.25) is 0 Å². The molecule has 1 aromatic carbocycles. The van der Waals surface area contributed by atoms with Crippen molar-refractivity contribution in [1.29, 1.82) is 0 Å². The Hall–Kier alpha value is -1.39. The highest BCUT2D eigenvalue weighted by atomic mass is 32.1. The fourth-order valence-corrected chi connectivity index (χ4v) is 3.65. The lowest BCUT2D eigenvalue weighted by Crippen LogP contribution is -2.30. The molecule has 0 amide bonds. The van der Waals surface area contributed by atoms with Gasteiger partial charge in [0.15, 0.2) is 5.13 Å². The predicted octanol–water partition coefficient (Wildman–Crippen LogP) is 2.73. The first-order chi connectivity index (χ1) is 9.31. The van der Waals surface area contributed by atoms with Crippen LogP contribution in [0.5, 0.6) is 0 Å². The smallest absolute Gasteiger partial charge is 0.186 e. The molecule has 2 N–H and O–H groups in total. The fraction of sp³-hybridized carbons (Fsp3) is 0.400. The highest BCUT2D eigenvalue weighted by Gasteiger charge is 2.19. The predicted molar refractivity (Wildman–Crippen MR) is 80.6 cm³/mol. The Morgan fingerprint density at radius 1 is 1.32 bits per heavy atom. The van der Waals surface area contributed by atoms with Gasteiger partial charge in [0.2, 0.25) is 0 Å². The van der Waals surface area contributed by atoms with Gasteiger partial charge in [-0.25, -0.2) is 4.98 Å². The number of hydrogen-bond donors (Lipinski definition) is 1. The van der Waals surface area contributed by atoms with Crippen LogP contribution in [0.3, 0.4) is 0 Å². The Labute approximate surface area is 118 Å². The molecular weight excluding hydrogens is 254 g/mol. The summed E-state index contributed by atoms with van der Waals surface area (Å²) in [6, 6.07) is 8.70. The third kappa shape index (κ3) is 2.38. The molecule has 2 heterocycles. The number of thiazole rings is 1. The first-order valence-electron chi connectivity index (χ1n) is 6.82. The van der Waals surface area contributed by atoms with Gasteiger partial charge in [0.1, 0.15) is 0 Å². The van der Waals surface area contributed by atoms with Crippen LogP contribution in [-0.4, -0.2) is 11.5 Å². The summed E-state index contributed by atoms with van der Waals surface area (Å²) in [6.45, 7) is 4.77. The average molecular weight is 273 g/mol. The maximum atomic E-state index is 5.80. The zero-order valence-electron chi connectivity index (χ0n) is 11.2. The van der Waals surface area contributed by atoms with Crippen molar-refractivity contribution in [3.05, 3.63) is 46.0 Å². The van der Waals surface area contributed by atoms with E-state index in [0.29, 0.717) is 6.54 Å². The number of anilines is 1. The van der Waals surface area contributed by atoms with Gasteiger partial charge >= 0.3 is 0 Å². The molecule has 0 aliphatic carbocycles. The summed E-state index contributed by atoms with van der Waals surface area (Å²) in [6.07, 6.45) is 2.07. The second-order valence-electron chi connectivity index (χ2n) is 4.86. The average Bonchev–Trinajstić information content (AvgIpc) is 2.90. The molecule has 1 aliphatic heterocycles. The number of aromatic nitrogens is 1. The van der Waals surface area contributed by atoms with Crippen LogP contribution in [0.25, 0.3) is 0 Å². The summed E-state index contributed by atoms with van der Waals surface area (Å²) in [5, 5.41) is 1.13. The number of nitrogens with zero attached hydrogens (tertiary/aromatic N) is 2.